The maximum atomic E-state index is 13.0. The monoisotopic (exact) mass is 428 g/mol. The van der Waals surface area contributed by atoms with Gasteiger partial charge in [0.1, 0.15) is 11.3 Å². The molecule has 0 saturated carbocycles. The summed E-state index contributed by atoms with van der Waals surface area (Å²) in [5.41, 5.74) is 3.29. The molecule has 3 aromatic carbocycles. The first-order valence-electron chi connectivity index (χ1n) is 10.9. The number of carbonyl (C=O) groups is 2. The molecule has 1 heterocycles. The first-order valence-corrected chi connectivity index (χ1v) is 10.9. The molecule has 1 saturated heterocycles. The summed E-state index contributed by atoms with van der Waals surface area (Å²) in [5, 5.41) is 2.98. The number of nitrogens with zero attached hydrogens (tertiary/aromatic N) is 1. The molecular formula is C27H28N2O3. The van der Waals surface area contributed by atoms with E-state index in [4.69, 9.17) is 4.74 Å². The predicted octanol–water partition coefficient (Wildman–Crippen LogP) is 4.21. The van der Waals surface area contributed by atoms with Gasteiger partial charge in [0.05, 0.1) is 13.5 Å². The Morgan fingerprint density at radius 1 is 0.938 bits per heavy atom. The smallest absolute Gasteiger partial charge is 0.246 e. The minimum absolute atomic E-state index is 0.0290. The summed E-state index contributed by atoms with van der Waals surface area (Å²) in [7, 11) is 1.61. The number of benzene rings is 3. The van der Waals surface area contributed by atoms with Crippen LogP contribution in [0.2, 0.25) is 0 Å². The molecule has 1 aliphatic heterocycles. The minimum Gasteiger partial charge on any atom is -0.496 e. The molecule has 5 nitrogen and oxygen atoms in total. The number of hydrogen-bond acceptors (Lipinski definition) is 3. The summed E-state index contributed by atoms with van der Waals surface area (Å²) in [6.07, 6.45) is 0.938. The Morgan fingerprint density at radius 2 is 1.59 bits per heavy atom. The maximum absolute atomic E-state index is 13.0. The normalized spacial score (nSPS) is 17.4. The molecule has 2 amide bonds. The SMILES string of the molecule is COc1ccccc1CNC(=O)C1(C)CCN1C(=O)Cc1ccc(-c2ccccc2)cc1. The lowest BCUT2D eigenvalue weighted by atomic mass is 9.84. The average Bonchev–Trinajstić information content (AvgIpc) is 2.82. The molecule has 1 unspecified atom stereocenters. The van der Waals surface area contributed by atoms with Crippen molar-refractivity contribution in [2.75, 3.05) is 13.7 Å². The molecule has 1 aliphatic rings. The van der Waals surface area contributed by atoms with Crippen molar-refractivity contribution < 1.29 is 14.3 Å². The van der Waals surface area contributed by atoms with E-state index in [2.05, 4.69) is 17.4 Å². The van der Waals surface area contributed by atoms with Crippen LogP contribution in [0.4, 0.5) is 0 Å². The van der Waals surface area contributed by atoms with Gasteiger partial charge in [0.2, 0.25) is 11.8 Å². The summed E-state index contributed by atoms with van der Waals surface area (Å²) in [5.74, 6) is 0.569. The number of para-hydroxylation sites is 1. The fourth-order valence-electron chi connectivity index (χ4n) is 4.13. The van der Waals surface area contributed by atoms with Crippen LogP contribution in [0.15, 0.2) is 78.9 Å². The van der Waals surface area contributed by atoms with E-state index in [-0.39, 0.29) is 18.2 Å². The molecule has 0 aliphatic carbocycles. The van der Waals surface area contributed by atoms with E-state index in [1.165, 1.54) is 0 Å². The summed E-state index contributed by atoms with van der Waals surface area (Å²) >= 11 is 0. The number of hydrogen-bond donors (Lipinski definition) is 1. The second-order valence-electron chi connectivity index (χ2n) is 8.30. The predicted molar refractivity (Wildman–Crippen MR) is 125 cm³/mol. The Morgan fingerprint density at radius 3 is 2.25 bits per heavy atom. The molecule has 0 radical (unpaired) electrons. The Labute approximate surface area is 189 Å². The van der Waals surface area contributed by atoms with Crippen molar-refractivity contribution in [1.82, 2.24) is 10.2 Å². The second-order valence-corrected chi connectivity index (χ2v) is 8.30. The molecule has 1 N–H and O–H groups in total. The highest BCUT2D eigenvalue weighted by atomic mass is 16.5. The van der Waals surface area contributed by atoms with Gasteiger partial charge < -0.3 is 15.0 Å². The third-order valence-electron chi connectivity index (χ3n) is 6.26. The Balaban J connectivity index is 1.37. The third kappa shape index (κ3) is 4.37. The highest BCUT2D eigenvalue weighted by molar-refractivity contribution is 5.93. The van der Waals surface area contributed by atoms with Crippen molar-refractivity contribution in [2.24, 2.45) is 0 Å². The van der Waals surface area contributed by atoms with Gasteiger partial charge in [0.25, 0.3) is 0 Å². The summed E-state index contributed by atoms with van der Waals surface area (Å²) < 4.78 is 5.35. The first kappa shape index (κ1) is 21.6. The van der Waals surface area contributed by atoms with Crippen molar-refractivity contribution in [2.45, 2.75) is 31.8 Å². The maximum Gasteiger partial charge on any atom is 0.246 e. The lowest BCUT2D eigenvalue weighted by molar-refractivity contribution is -0.157. The highest BCUT2D eigenvalue weighted by Crippen LogP contribution is 2.32. The number of ether oxygens (including phenoxy) is 1. The van der Waals surface area contributed by atoms with Crippen molar-refractivity contribution in [3.05, 3.63) is 90.0 Å². The zero-order chi connectivity index (χ0) is 22.6. The van der Waals surface area contributed by atoms with Gasteiger partial charge in [-0.1, -0.05) is 72.8 Å². The lowest BCUT2D eigenvalue weighted by Gasteiger charge is -2.49. The highest BCUT2D eigenvalue weighted by Gasteiger charge is 2.49. The quantitative estimate of drug-likeness (QED) is 0.613. The van der Waals surface area contributed by atoms with Gasteiger partial charge in [0.15, 0.2) is 0 Å². The van der Waals surface area contributed by atoms with Gasteiger partial charge in [-0.15, -0.1) is 0 Å². The van der Waals surface area contributed by atoms with E-state index in [1.54, 1.807) is 12.0 Å². The first-order chi connectivity index (χ1) is 15.5. The molecule has 32 heavy (non-hydrogen) atoms. The van der Waals surface area contributed by atoms with Crippen molar-refractivity contribution in [1.29, 1.82) is 0 Å². The van der Waals surface area contributed by atoms with Gasteiger partial charge in [-0.05, 0) is 36.1 Å². The summed E-state index contributed by atoms with van der Waals surface area (Å²) in [6, 6.07) is 25.8. The molecule has 3 aromatic rings. The van der Waals surface area contributed by atoms with Crippen LogP contribution in [0.5, 0.6) is 5.75 Å². The largest absolute Gasteiger partial charge is 0.496 e. The van der Waals surface area contributed by atoms with E-state index in [9.17, 15) is 9.59 Å². The summed E-state index contributed by atoms with van der Waals surface area (Å²) in [6.45, 7) is 2.80. The topological polar surface area (TPSA) is 58.6 Å². The van der Waals surface area contributed by atoms with Crippen LogP contribution in [0.1, 0.15) is 24.5 Å². The van der Waals surface area contributed by atoms with Gasteiger partial charge in [-0.3, -0.25) is 9.59 Å². The van der Waals surface area contributed by atoms with Gasteiger partial charge in [-0.25, -0.2) is 0 Å². The van der Waals surface area contributed by atoms with Gasteiger partial charge in [-0.2, -0.15) is 0 Å². The second kappa shape index (κ2) is 9.27. The van der Waals surface area contributed by atoms with E-state index >= 15 is 0 Å². The van der Waals surface area contributed by atoms with Gasteiger partial charge >= 0.3 is 0 Å². The Hall–Kier alpha value is -3.60. The molecule has 0 bridgehead atoms. The molecule has 4 rings (SSSR count). The van der Waals surface area contributed by atoms with E-state index in [0.29, 0.717) is 19.5 Å². The van der Waals surface area contributed by atoms with Crippen LogP contribution in [-0.2, 0) is 22.6 Å². The molecule has 1 atom stereocenters. The van der Waals surface area contributed by atoms with Crippen molar-refractivity contribution >= 4 is 11.8 Å². The summed E-state index contributed by atoms with van der Waals surface area (Å²) in [4.78, 5) is 27.6. The number of rotatable bonds is 7. The zero-order valence-electron chi connectivity index (χ0n) is 18.5. The van der Waals surface area contributed by atoms with Crippen LogP contribution < -0.4 is 10.1 Å². The number of carbonyl (C=O) groups excluding carboxylic acids is 2. The molecule has 164 valence electrons. The fraction of sp³-hybridized carbons (Fsp3) is 0.259. The van der Waals surface area contributed by atoms with Gasteiger partial charge in [0, 0.05) is 18.7 Å². The van der Waals surface area contributed by atoms with E-state index in [0.717, 1.165) is 28.0 Å². The molecule has 0 spiro atoms. The Bertz CT molecular complexity index is 1100. The lowest BCUT2D eigenvalue weighted by Crippen LogP contribution is -2.67. The van der Waals surface area contributed by atoms with Crippen LogP contribution in [0.3, 0.4) is 0 Å². The number of nitrogens with one attached hydrogen (secondary N) is 1. The van der Waals surface area contributed by atoms with Crippen LogP contribution in [0, 0.1) is 0 Å². The molecule has 5 heteroatoms. The van der Waals surface area contributed by atoms with Crippen LogP contribution >= 0.6 is 0 Å². The molecule has 1 fully saturated rings. The average molecular weight is 429 g/mol. The number of likely N-dealkylation sites (tertiary alicyclic amines) is 1. The fourth-order valence-corrected chi connectivity index (χ4v) is 4.13. The Kier molecular flexibility index (Phi) is 6.26. The number of amides is 2. The van der Waals surface area contributed by atoms with Crippen molar-refractivity contribution in [3.63, 3.8) is 0 Å². The van der Waals surface area contributed by atoms with Crippen molar-refractivity contribution in [3.8, 4) is 16.9 Å². The third-order valence-corrected chi connectivity index (χ3v) is 6.26. The molecule has 0 aromatic heterocycles. The van der Waals surface area contributed by atoms with E-state index < -0.39 is 5.54 Å². The molecular weight excluding hydrogens is 400 g/mol. The van der Waals surface area contributed by atoms with E-state index in [1.807, 2.05) is 73.7 Å². The van der Waals surface area contributed by atoms with Crippen LogP contribution in [-0.4, -0.2) is 35.9 Å². The van der Waals surface area contributed by atoms with Crippen LogP contribution in [0.25, 0.3) is 11.1 Å². The zero-order valence-corrected chi connectivity index (χ0v) is 18.5. The minimum atomic E-state index is -0.816. The number of methoxy groups -OCH3 is 1. The standard InChI is InChI=1S/C27H28N2O3/c1-27(26(31)28-19-23-10-6-7-11-24(23)32-2)16-17-29(27)25(30)18-20-12-14-22(15-13-20)21-8-4-3-5-9-21/h3-15H,16-19H2,1-2H3,(H,28,31).